The number of rotatable bonds is 1. The number of carbonyl (C=O) groups is 1. The molecule has 0 heterocycles. The van der Waals surface area contributed by atoms with Gasteiger partial charge in [-0.05, 0) is 24.6 Å². The van der Waals surface area contributed by atoms with E-state index in [0.717, 1.165) is 0 Å². The molecule has 0 aliphatic heterocycles. The van der Waals surface area contributed by atoms with E-state index in [0.29, 0.717) is 22.4 Å². The van der Waals surface area contributed by atoms with E-state index in [-0.39, 0.29) is 6.42 Å². The summed E-state index contributed by atoms with van der Waals surface area (Å²) in [5.74, 6) is 4.99. The Hall–Kier alpha value is -2.46. The van der Waals surface area contributed by atoms with Crippen LogP contribution in [-0.2, 0) is 4.74 Å². The van der Waals surface area contributed by atoms with E-state index in [2.05, 4.69) is 16.6 Å². The number of anilines is 1. The lowest BCUT2D eigenvalue weighted by Gasteiger charge is -2.07. The summed E-state index contributed by atoms with van der Waals surface area (Å²) in [6, 6.07) is 5.20. The average molecular weight is 228 g/mol. The maximum atomic E-state index is 11.5. The van der Waals surface area contributed by atoms with Crippen molar-refractivity contribution < 1.29 is 9.53 Å². The van der Waals surface area contributed by atoms with Crippen molar-refractivity contribution in [3.8, 4) is 17.9 Å². The van der Waals surface area contributed by atoms with Gasteiger partial charge in [0.1, 0.15) is 0 Å². The molecule has 0 aromatic heterocycles. The molecule has 0 aliphatic carbocycles. The summed E-state index contributed by atoms with van der Waals surface area (Å²) in [5.41, 5.74) is 7.93. The molecule has 4 heteroatoms. The van der Waals surface area contributed by atoms with E-state index in [9.17, 15) is 4.79 Å². The number of benzene rings is 1. The minimum absolute atomic E-state index is 0.140. The standard InChI is InChI=1S/C13H12N2O2/c1-9-11(13(16)17-2)7-10(8-12(9)15)5-3-4-6-14/h7-8H,4,15H2,1-2H3. The fourth-order valence-corrected chi connectivity index (χ4v) is 1.32. The highest BCUT2D eigenvalue weighted by Crippen LogP contribution is 2.19. The lowest BCUT2D eigenvalue weighted by Crippen LogP contribution is -2.06. The molecule has 0 unspecified atom stereocenters. The fourth-order valence-electron chi connectivity index (χ4n) is 1.32. The Kier molecular flexibility index (Phi) is 4.14. The van der Waals surface area contributed by atoms with Crippen LogP contribution in [0.15, 0.2) is 12.1 Å². The van der Waals surface area contributed by atoms with Crippen molar-refractivity contribution in [3.63, 3.8) is 0 Å². The first-order chi connectivity index (χ1) is 8.10. The first-order valence-corrected chi connectivity index (χ1v) is 4.94. The van der Waals surface area contributed by atoms with Crippen LogP contribution in [-0.4, -0.2) is 13.1 Å². The van der Waals surface area contributed by atoms with Gasteiger partial charge in [-0.2, -0.15) is 5.26 Å². The Labute approximate surface area is 100.0 Å². The number of nitrogen functional groups attached to an aromatic ring is 1. The molecular weight excluding hydrogens is 216 g/mol. The van der Waals surface area contributed by atoms with Crippen LogP contribution in [0.25, 0.3) is 0 Å². The Balaban J connectivity index is 3.21. The predicted octanol–water partition coefficient (Wildman–Crippen LogP) is 1.63. The molecular formula is C13H12N2O2. The van der Waals surface area contributed by atoms with Gasteiger partial charge in [-0.15, -0.1) is 0 Å². The Morgan fingerprint density at radius 3 is 2.82 bits per heavy atom. The fraction of sp³-hybridized carbons (Fsp3) is 0.231. The number of nitrogens with zero attached hydrogens (tertiary/aromatic N) is 1. The summed E-state index contributed by atoms with van der Waals surface area (Å²) in [5, 5.41) is 8.37. The lowest BCUT2D eigenvalue weighted by atomic mass is 10.0. The summed E-state index contributed by atoms with van der Waals surface area (Å²) < 4.78 is 4.66. The molecule has 0 radical (unpaired) electrons. The van der Waals surface area contributed by atoms with Crippen molar-refractivity contribution in [2.75, 3.05) is 12.8 Å². The Morgan fingerprint density at radius 2 is 2.24 bits per heavy atom. The molecule has 2 N–H and O–H groups in total. The molecule has 0 spiro atoms. The molecule has 17 heavy (non-hydrogen) atoms. The molecule has 1 aromatic rings. The lowest BCUT2D eigenvalue weighted by molar-refractivity contribution is 0.0600. The number of methoxy groups -OCH3 is 1. The van der Waals surface area contributed by atoms with E-state index in [4.69, 9.17) is 11.0 Å². The summed E-state index contributed by atoms with van der Waals surface area (Å²) in [6.45, 7) is 1.74. The third-order valence-corrected chi connectivity index (χ3v) is 2.25. The summed E-state index contributed by atoms with van der Waals surface area (Å²) in [4.78, 5) is 11.5. The molecule has 0 bridgehead atoms. The van der Waals surface area contributed by atoms with Gasteiger partial charge in [-0.3, -0.25) is 0 Å². The van der Waals surface area contributed by atoms with Gasteiger partial charge in [0, 0.05) is 11.3 Å². The van der Waals surface area contributed by atoms with E-state index in [1.165, 1.54) is 7.11 Å². The number of hydrogen-bond donors (Lipinski definition) is 1. The topological polar surface area (TPSA) is 76.1 Å². The highest BCUT2D eigenvalue weighted by atomic mass is 16.5. The van der Waals surface area contributed by atoms with Crippen molar-refractivity contribution in [1.82, 2.24) is 0 Å². The second-order valence-corrected chi connectivity index (χ2v) is 3.37. The van der Waals surface area contributed by atoms with Gasteiger partial charge in [0.05, 0.1) is 25.2 Å². The SMILES string of the molecule is COC(=O)c1cc(C#CCC#N)cc(N)c1C. The zero-order valence-electron chi connectivity index (χ0n) is 9.70. The quantitative estimate of drug-likeness (QED) is 0.450. The molecule has 1 aromatic carbocycles. The molecule has 0 fully saturated rings. The van der Waals surface area contributed by atoms with E-state index < -0.39 is 5.97 Å². The van der Waals surface area contributed by atoms with E-state index in [1.54, 1.807) is 19.1 Å². The van der Waals surface area contributed by atoms with Crippen LogP contribution >= 0.6 is 0 Å². The van der Waals surface area contributed by atoms with Gasteiger partial charge in [-0.1, -0.05) is 11.8 Å². The van der Waals surface area contributed by atoms with Crippen LogP contribution in [0.5, 0.6) is 0 Å². The van der Waals surface area contributed by atoms with Crippen molar-refractivity contribution in [2.45, 2.75) is 13.3 Å². The molecule has 0 amide bonds. The zero-order chi connectivity index (χ0) is 12.8. The summed E-state index contributed by atoms with van der Waals surface area (Å²) >= 11 is 0. The maximum absolute atomic E-state index is 11.5. The molecule has 4 nitrogen and oxygen atoms in total. The third kappa shape index (κ3) is 2.99. The highest BCUT2D eigenvalue weighted by Gasteiger charge is 2.12. The van der Waals surface area contributed by atoms with Crippen LogP contribution in [0.1, 0.15) is 27.9 Å². The van der Waals surface area contributed by atoms with Crippen LogP contribution in [0, 0.1) is 30.1 Å². The summed E-state index contributed by atoms with van der Waals surface area (Å²) in [6.07, 6.45) is 0.140. The average Bonchev–Trinajstić information content (AvgIpc) is 2.32. The monoisotopic (exact) mass is 228 g/mol. The molecule has 0 aliphatic rings. The molecule has 0 saturated carbocycles. The number of esters is 1. The van der Waals surface area contributed by atoms with Crippen LogP contribution in [0.2, 0.25) is 0 Å². The second kappa shape index (κ2) is 5.58. The first kappa shape index (κ1) is 12.6. The smallest absolute Gasteiger partial charge is 0.338 e. The normalized spacial score (nSPS) is 8.76. The largest absolute Gasteiger partial charge is 0.465 e. The minimum Gasteiger partial charge on any atom is -0.465 e. The van der Waals surface area contributed by atoms with Gasteiger partial charge in [-0.25, -0.2) is 4.79 Å². The van der Waals surface area contributed by atoms with Crippen LogP contribution < -0.4 is 5.73 Å². The van der Waals surface area contributed by atoms with Crippen molar-refractivity contribution in [1.29, 1.82) is 5.26 Å². The maximum Gasteiger partial charge on any atom is 0.338 e. The molecule has 0 atom stereocenters. The number of hydrogen-bond acceptors (Lipinski definition) is 4. The van der Waals surface area contributed by atoms with Crippen LogP contribution in [0.3, 0.4) is 0 Å². The molecule has 0 saturated heterocycles. The van der Waals surface area contributed by atoms with E-state index in [1.807, 2.05) is 6.07 Å². The zero-order valence-corrected chi connectivity index (χ0v) is 9.70. The van der Waals surface area contributed by atoms with Crippen LogP contribution in [0.4, 0.5) is 5.69 Å². The number of carbonyl (C=O) groups excluding carboxylic acids is 1. The number of ether oxygens (including phenoxy) is 1. The number of nitrogens with two attached hydrogens (primary N) is 1. The third-order valence-electron chi connectivity index (χ3n) is 2.25. The van der Waals surface area contributed by atoms with Gasteiger partial charge in [0.15, 0.2) is 0 Å². The van der Waals surface area contributed by atoms with Crippen molar-refractivity contribution >= 4 is 11.7 Å². The summed E-state index contributed by atoms with van der Waals surface area (Å²) in [7, 11) is 1.31. The minimum atomic E-state index is -0.446. The second-order valence-electron chi connectivity index (χ2n) is 3.37. The molecule has 1 rings (SSSR count). The highest BCUT2D eigenvalue weighted by molar-refractivity contribution is 5.93. The van der Waals surface area contributed by atoms with Gasteiger partial charge in [0.25, 0.3) is 0 Å². The van der Waals surface area contributed by atoms with Gasteiger partial charge < -0.3 is 10.5 Å². The van der Waals surface area contributed by atoms with Gasteiger partial charge in [0.2, 0.25) is 0 Å². The first-order valence-electron chi connectivity index (χ1n) is 4.94. The van der Waals surface area contributed by atoms with Gasteiger partial charge >= 0.3 is 5.97 Å². The number of nitriles is 1. The Morgan fingerprint density at radius 1 is 1.53 bits per heavy atom. The predicted molar refractivity (Wildman–Crippen MR) is 64.0 cm³/mol. The van der Waals surface area contributed by atoms with E-state index >= 15 is 0 Å². The van der Waals surface area contributed by atoms with Crippen molar-refractivity contribution in [2.24, 2.45) is 0 Å². The van der Waals surface area contributed by atoms with Crippen molar-refractivity contribution in [3.05, 3.63) is 28.8 Å². The Bertz CT molecular complexity index is 545. The molecule has 86 valence electrons.